The number of rotatable bonds is 3. The summed E-state index contributed by atoms with van der Waals surface area (Å²) < 4.78 is 18.1. The second-order valence-electron chi connectivity index (χ2n) is 7.22. The molecule has 0 radical (unpaired) electrons. The first kappa shape index (κ1) is 17.3. The number of nitriles is 1. The lowest BCUT2D eigenvalue weighted by Gasteiger charge is -2.18. The van der Waals surface area contributed by atoms with Gasteiger partial charge in [0.15, 0.2) is 0 Å². The zero-order valence-electron chi connectivity index (χ0n) is 15.5. The van der Waals surface area contributed by atoms with Crippen LogP contribution in [0.5, 0.6) is 5.88 Å². The van der Waals surface area contributed by atoms with E-state index >= 15 is 0 Å². The van der Waals surface area contributed by atoms with Gasteiger partial charge < -0.3 is 9.67 Å². The molecule has 6 nitrogen and oxygen atoms in total. The van der Waals surface area contributed by atoms with Crippen LogP contribution in [0, 0.1) is 17.1 Å². The summed E-state index contributed by atoms with van der Waals surface area (Å²) in [6.07, 6.45) is 0.408. The Kier molecular flexibility index (Phi) is 3.81. The van der Waals surface area contributed by atoms with Gasteiger partial charge in [-0.2, -0.15) is 5.26 Å². The highest BCUT2D eigenvalue weighted by Crippen LogP contribution is 2.35. The van der Waals surface area contributed by atoms with Gasteiger partial charge in [-0.1, -0.05) is 30.3 Å². The van der Waals surface area contributed by atoms with Crippen LogP contribution in [0.25, 0.3) is 10.9 Å². The minimum Gasteiger partial charge on any atom is -0.493 e. The van der Waals surface area contributed by atoms with E-state index in [1.165, 1.54) is 16.7 Å². The zero-order chi connectivity index (χ0) is 20.1. The largest absolute Gasteiger partial charge is 0.493 e. The molecule has 0 bridgehead atoms. The third-order valence-electron chi connectivity index (χ3n) is 5.63. The summed E-state index contributed by atoms with van der Waals surface area (Å²) >= 11 is 0. The molecule has 0 atom stereocenters. The van der Waals surface area contributed by atoms with E-state index in [0.29, 0.717) is 25.2 Å². The summed E-state index contributed by atoms with van der Waals surface area (Å²) in [4.78, 5) is 12.7. The molecule has 0 unspecified atom stereocenters. The maximum absolute atomic E-state index is 13.3. The fourth-order valence-electron chi connectivity index (χ4n) is 4.26. The van der Waals surface area contributed by atoms with Crippen molar-refractivity contribution in [2.24, 2.45) is 0 Å². The lowest BCUT2D eigenvalue weighted by molar-refractivity contribution is 0.418. The summed E-state index contributed by atoms with van der Waals surface area (Å²) in [5.74, 6) is -0.420. The predicted octanol–water partition coefficient (Wildman–Crippen LogP) is 2.97. The van der Waals surface area contributed by atoms with Crippen molar-refractivity contribution in [2.75, 3.05) is 0 Å². The molecule has 0 amide bonds. The molecule has 2 aromatic heterocycles. The van der Waals surface area contributed by atoms with Gasteiger partial charge in [-0.3, -0.25) is 4.57 Å². The Morgan fingerprint density at radius 1 is 1.07 bits per heavy atom. The molecule has 1 N–H and O–H groups in total. The van der Waals surface area contributed by atoms with Crippen LogP contribution >= 0.6 is 0 Å². The van der Waals surface area contributed by atoms with E-state index < -0.39 is 0 Å². The molecule has 0 spiro atoms. The highest BCUT2D eigenvalue weighted by atomic mass is 19.1. The number of para-hydroxylation sites is 1. The van der Waals surface area contributed by atoms with Crippen LogP contribution in [-0.2, 0) is 26.1 Å². The molecule has 1 aliphatic heterocycles. The van der Waals surface area contributed by atoms with Gasteiger partial charge in [0.2, 0.25) is 5.88 Å². The maximum Gasteiger partial charge on any atom is 0.332 e. The minimum atomic E-state index is -0.386. The first-order valence-corrected chi connectivity index (χ1v) is 9.30. The second kappa shape index (κ2) is 6.38. The van der Waals surface area contributed by atoms with Gasteiger partial charge in [0.05, 0.1) is 18.3 Å². The van der Waals surface area contributed by atoms with E-state index in [4.69, 9.17) is 5.26 Å². The summed E-state index contributed by atoms with van der Waals surface area (Å²) in [5, 5.41) is 20.5. The number of fused-ring (bicyclic) bond motifs is 4. The second-order valence-corrected chi connectivity index (χ2v) is 7.22. The van der Waals surface area contributed by atoms with E-state index in [1.54, 1.807) is 12.1 Å². The Balaban J connectivity index is 1.68. The van der Waals surface area contributed by atoms with Crippen molar-refractivity contribution in [3.63, 3.8) is 0 Å². The fourth-order valence-corrected chi connectivity index (χ4v) is 4.26. The van der Waals surface area contributed by atoms with Crippen molar-refractivity contribution >= 4 is 10.9 Å². The molecule has 0 fully saturated rings. The van der Waals surface area contributed by atoms with Gasteiger partial charge in [0.25, 0.3) is 0 Å². The quantitative estimate of drug-likeness (QED) is 0.516. The summed E-state index contributed by atoms with van der Waals surface area (Å²) in [7, 11) is 0. The van der Waals surface area contributed by atoms with Crippen molar-refractivity contribution in [2.45, 2.75) is 26.1 Å². The Bertz CT molecular complexity index is 1350. The van der Waals surface area contributed by atoms with Crippen molar-refractivity contribution in [1.82, 2.24) is 13.7 Å². The predicted molar refractivity (Wildman–Crippen MR) is 105 cm³/mol. The molecule has 2 aromatic carbocycles. The Morgan fingerprint density at radius 2 is 1.83 bits per heavy atom. The standard InChI is InChI=1S/C22H17FN4O2/c23-15-7-5-14(6-8-15)12-26-18-4-2-1-3-16(18)17-11-19-21(28)25(10-9-24)22(29)27(19)13-20(17)26/h1-8,28H,10-13H2. The molecule has 7 heteroatoms. The van der Waals surface area contributed by atoms with Crippen molar-refractivity contribution in [3.05, 3.63) is 87.3 Å². The zero-order valence-corrected chi connectivity index (χ0v) is 15.5. The third-order valence-corrected chi connectivity index (χ3v) is 5.63. The number of imidazole rings is 1. The number of aromatic hydroxyl groups is 1. The van der Waals surface area contributed by atoms with Gasteiger partial charge in [-0.25, -0.2) is 13.8 Å². The van der Waals surface area contributed by atoms with Gasteiger partial charge in [-0.15, -0.1) is 0 Å². The molecular weight excluding hydrogens is 371 g/mol. The summed E-state index contributed by atoms with van der Waals surface area (Å²) in [5.41, 5.74) is 4.18. The average Bonchev–Trinajstić information content (AvgIpc) is 3.16. The number of halogens is 1. The molecule has 29 heavy (non-hydrogen) atoms. The maximum atomic E-state index is 13.3. The fraction of sp³-hybridized carbons (Fsp3) is 0.182. The molecule has 3 heterocycles. The summed E-state index contributed by atoms with van der Waals surface area (Å²) in [6.45, 7) is 0.668. The molecule has 0 saturated heterocycles. The Morgan fingerprint density at radius 3 is 2.59 bits per heavy atom. The van der Waals surface area contributed by atoms with Crippen LogP contribution in [0.15, 0.2) is 53.3 Å². The van der Waals surface area contributed by atoms with Crippen molar-refractivity contribution in [3.8, 4) is 11.9 Å². The monoisotopic (exact) mass is 388 g/mol. The van der Waals surface area contributed by atoms with Crippen LogP contribution in [0.3, 0.4) is 0 Å². The molecule has 1 aliphatic rings. The van der Waals surface area contributed by atoms with Gasteiger partial charge in [-0.05, 0) is 29.3 Å². The highest BCUT2D eigenvalue weighted by Gasteiger charge is 2.29. The van der Waals surface area contributed by atoms with Crippen molar-refractivity contribution < 1.29 is 9.50 Å². The van der Waals surface area contributed by atoms with E-state index in [2.05, 4.69) is 4.57 Å². The lowest BCUT2D eigenvalue weighted by atomic mass is 10.0. The number of hydrogen-bond donors (Lipinski definition) is 1. The van der Waals surface area contributed by atoms with E-state index in [1.807, 2.05) is 30.3 Å². The Labute approximate surface area is 165 Å². The number of aromatic nitrogens is 3. The van der Waals surface area contributed by atoms with Crippen LogP contribution in [0.1, 0.15) is 22.5 Å². The lowest BCUT2D eigenvalue weighted by Crippen LogP contribution is -2.28. The smallest absolute Gasteiger partial charge is 0.332 e. The van der Waals surface area contributed by atoms with E-state index in [-0.39, 0.29) is 23.9 Å². The molecule has 0 aliphatic carbocycles. The van der Waals surface area contributed by atoms with Crippen molar-refractivity contribution in [1.29, 1.82) is 5.26 Å². The van der Waals surface area contributed by atoms with Gasteiger partial charge in [0, 0.05) is 29.6 Å². The molecular formula is C22H17FN4O2. The number of hydrogen-bond acceptors (Lipinski definition) is 3. The molecule has 144 valence electrons. The van der Waals surface area contributed by atoms with Gasteiger partial charge in [0.1, 0.15) is 12.4 Å². The molecule has 0 saturated carbocycles. The van der Waals surface area contributed by atoms with E-state index in [9.17, 15) is 14.3 Å². The van der Waals surface area contributed by atoms with Crippen LogP contribution in [-0.4, -0.2) is 18.8 Å². The topological polar surface area (TPSA) is 75.9 Å². The minimum absolute atomic E-state index is 0.141. The van der Waals surface area contributed by atoms with Gasteiger partial charge >= 0.3 is 5.69 Å². The van der Waals surface area contributed by atoms with Crippen LogP contribution < -0.4 is 5.69 Å². The SMILES string of the molecule is N#CCn1c(O)c2n(c1=O)Cc1c(c3ccccc3n1Cc1ccc(F)cc1)C2. The molecule has 4 aromatic rings. The Hall–Kier alpha value is -3.79. The van der Waals surface area contributed by atoms with Crippen LogP contribution in [0.2, 0.25) is 0 Å². The number of benzene rings is 2. The number of nitrogens with zero attached hydrogens (tertiary/aromatic N) is 4. The third kappa shape index (κ3) is 2.57. The van der Waals surface area contributed by atoms with E-state index in [0.717, 1.165) is 32.3 Å². The first-order valence-electron chi connectivity index (χ1n) is 9.30. The highest BCUT2D eigenvalue weighted by molar-refractivity contribution is 5.86. The normalized spacial score (nSPS) is 12.6. The summed E-state index contributed by atoms with van der Waals surface area (Å²) in [6, 6.07) is 16.3. The molecule has 5 rings (SSSR count). The average molecular weight is 388 g/mol. The van der Waals surface area contributed by atoms with Crippen LogP contribution in [0.4, 0.5) is 4.39 Å². The first-order chi connectivity index (χ1) is 14.1.